The standard InChI is InChI=1S/C17H23NS/c1-13(10-11-18-15-8-9-15)6-7-14-12-19-17-5-3-2-4-16(14)17/h2-5,12-13,15,18H,6-11H2,1H3. The van der Waals surface area contributed by atoms with E-state index in [1.54, 1.807) is 5.56 Å². The predicted molar refractivity (Wildman–Crippen MR) is 85.0 cm³/mol. The van der Waals surface area contributed by atoms with Gasteiger partial charge in [0.15, 0.2) is 0 Å². The van der Waals surface area contributed by atoms with Crippen LogP contribution in [0.3, 0.4) is 0 Å². The number of fused-ring (bicyclic) bond motifs is 1. The molecule has 3 rings (SSSR count). The minimum atomic E-state index is 0.824. The zero-order valence-corrected chi connectivity index (χ0v) is 12.5. The van der Waals surface area contributed by atoms with E-state index in [4.69, 9.17) is 0 Å². The summed E-state index contributed by atoms with van der Waals surface area (Å²) in [5, 5.41) is 7.43. The van der Waals surface area contributed by atoms with Gasteiger partial charge in [-0.15, -0.1) is 11.3 Å². The monoisotopic (exact) mass is 273 g/mol. The van der Waals surface area contributed by atoms with Crippen molar-refractivity contribution in [2.45, 2.75) is 45.1 Å². The molecule has 1 aromatic heterocycles. The molecule has 1 nitrogen and oxygen atoms in total. The minimum absolute atomic E-state index is 0.824. The molecular weight excluding hydrogens is 250 g/mol. The number of thiophene rings is 1. The predicted octanol–water partition coefficient (Wildman–Crippen LogP) is 4.61. The summed E-state index contributed by atoms with van der Waals surface area (Å²) in [6.45, 7) is 3.60. The molecule has 19 heavy (non-hydrogen) atoms. The lowest BCUT2D eigenvalue weighted by Crippen LogP contribution is -2.19. The Morgan fingerprint density at radius 2 is 2.11 bits per heavy atom. The molecule has 0 aliphatic heterocycles. The smallest absolute Gasteiger partial charge is 0.0345 e. The van der Waals surface area contributed by atoms with Gasteiger partial charge < -0.3 is 5.32 Å². The summed E-state index contributed by atoms with van der Waals surface area (Å²) < 4.78 is 1.43. The van der Waals surface area contributed by atoms with Crippen molar-refractivity contribution in [3.8, 4) is 0 Å². The third kappa shape index (κ3) is 3.58. The second kappa shape index (κ2) is 6.06. The second-order valence-corrected chi connectivity index (χ2v) is 6.83. The lowest BCUT2D eigenvalue weighted by Gasteiger charge is -2.11. The van der Waals surface area contributed by atoms with Crippen molar-refractivity contribution in [1.82, 2.24) is 5.32 Å². The Bertz CT molecular complexity index is 527. The molecular formula is C17H23NS. The number of hydrogen-bond acceptors (Lipinski definition) is 2. The van der Waals surface area contributed by atoms with E-state index in [2.05, 4.69) is 41.9 Å². The Balaban J connectivity index is 1.47. The molecule has 0 amide bonds. The van der Waals surface area contributed by atoms with Gasteiger partial charge in [0.25, 0.3) is 0 Å². The fourth-order valence-electron chi connectivity index (χ4n) is 2.59. The van der Waals surface area contributed by atoms with E-state index in [-0.39, 0.29) is 0 Å². The van der Waals surface area contributed by atoms with Gasteiger partial charge in [0.05, 0.1) is 0 Å². The van der Waals surface area contributed by atoms with E-state index in [0.29, 0.717) is 0 Å². The van der Waals surface area contributed by atoms with Crippen LogP contribution in [0.1, 0.15) is 38.2 Å². The average Bonchev–Trinajstić information content (AvgIpc) is 3.16. The van der Waals surface area contributed by atoms with Crippen LogP contribution in [0.2, 0.25) is 0 Å². The Morgan fingerprint density at radius 1 is 1.26 bits per heavy atom. The number of benzene rings is 1. The van der Waals surface area contributed by atoms with Gasteiger partial charge in [-0.3, -0.25) is 0 Å². The van der Waals surface area contributed by atoms with Crippen LogP contribution < -0.4 is 5.32 Å². The zero-order valence-electron chi connectivity index (χ0n) is 11.7. The van der Waals surface area contributed by atoms with Crippen molar-refractivity contribution in [1.29, 1.82) is 0 Å². The molecule has 0 spiro atoms. The summed E-state index contributed by atoms with van der Waals surface area (Å²) in [6, 6.07) is 9.64. The molecule has 1 aliphatic rings. The summed E-state index contributed by atoms with van der Waals surface area (Å²) in [5.74, 6) is 0.824. The maximum atomic E-state index is 3.61. The Hall–Kier alpha value is -0.860. The molecule has 1 aromatic carbocycles. The van der Waals surface area contributed by atoms with Crippen LogP contribution >= 0.6 is 11.3 Å². The zero-order chi connectivity index (χ0) is 13.1. The summed E-state index contributed by atoms with van der Waals surface area (Å²) in [7, 11) is 0. The maximum absolute atomic E-state index is 3.61. The van der Waals surface area contributed by atoms with Crippen LogP contribution in [-0.4, -0.2) is 12.6 Å². The lowest BCUT2D eigenvalue weighted by molar-refractivity contribution is 0.470. The molecule has 1 unspecified atom stereocenters. The summed E-state index contributed by atoms with van der Waals surface area (Å²) >= 11 is 1.88. The highest BCUT2D eigenvalue weighted by atomic mass is 32.1. The van der Waals surface area contributed by atoms with Crippen molar-refractivity contribution in [3.63, 3.8) is 0 Å². The quantitative estimate of drug-likeness (QED) is 0.776. The fraction of sp³-hybridized carbons (Fsp3) is 0.529. The van der Waals surface area contributed by atoms with Crippen LogP contribution in [0.15, 0.2) is 29.6 Å². The van der Waals surface area contributed by atoms with Crippen molar-refractivity contribution < 1.29 is 0 Å². The van der Waals surface area contributed by atoms with Gasteiger partial charge in [-0.05, 0) is 67.0 Å². The summed E-state index contributed by atoms with van der Waals surface area (Å²) in [5.41, 5.74) is 1.54. The first-order valence-electron chi connectivity index (χ1n) is 7.51. The number of hydrogen-bond donors (Lipinski definition) is 1. The molecule has 1 aliphatic carbocycles. The summed E-state index contributed by atoms with van der Waals surface area (Å²) in [6.07, 6.45) is 6.66. The summed E-state index contributed by atoms with van der Waals surface area (Å²) in [4.78, 5) is 0. The van der Waals surface area contributed by atoms with Crippen molar-refractivity contribution in [3.05, 3.63) is 35.2 Å². The third-order valence-corrected chi connectivity index (χ3v) is 5.13. The molecule has 1 atom stereocenters. The van der Waals surface area contributed by atoms with Crippen molar-refractivity contribution >= 4 is 21.4 Å². The Kier molecular flexibility index (Phi) is 4.19. The highest BCUT2D eigenvalue weighted by Gasteiger charge is 2.19. The largest absolute Gasteiger partial charge is 0.314 e. The SMILES string of the molecule is CC(CCNC1CC1)CCc1csc2ccccc12. The first kappa shape index (κ1) is 13.1. The van der Waals surface area contributed by atoms with Gasteiger partial charge in [-0.1, -0.05) is 25.1 Å². The number of rotatable bonds is 7. The molecule has 102 valence electrons. The highest BCUT2D eigenvalue weighted by molar-refractivity contribution is 7.17. The van der Waals surface area contributed by atoms with Crippen LogP contribution in [0.5, 0.6) is 0 Å². The molecule has 1 fully saturated rings. The van der Waals surface area contributed by atoms with Gasteiger partial charge in [-0.25, -0.2) is 0 Å². The van der Waals surface area contributed by atoms with E-state index in [1.807, 2.05) is 11.3 Å². The van der Waals surface area contributed by atoms with Gasteiger partial charge in [0.1, 0.15) is 0 Å². The maximum Gasteiger partial charge on any atom is 0.0345 e. The van der Waals surface area contributed by atoms with E-state index >= 15 is 0 Å². The van der Waals surface area contributed by atoms with E-state index < -0.39 is 0 Å². The fourth-order valence-corrected chi connectivity index (χ4v) is 3.59. The topological polar surface area (TPSA) is 12.0 Å². The first-order valence-corrected chi connectivity index (χ1v) is 8.39. The molecule has 0 radical (unpaired) electrons. The van der Waals surface area contributed by atoms with Crippen molar-refractivity contribution in [2.75, 3.05) is 6.54 Å². The van der Waals surface area contributed by atoms with E-state index in [0.717, 1.165) is 12.0 Å². The molecule has 1 N–H and O–H groups in total. The molecule has 2 aromatic rings. The van der Waals surface area contributed by atoms with Gasteiger partial charge in [0, 0.05) is 10.7 Å². The lowest BCUT2D eigenvalue weighted by atomic mass is 9.98. The van der Waals surface area contributed by atoms with E-state index in [9.17, 15) is 0 Å². The van der Waals surface area contributed by atoms with Gasteiger partial charge in [-0.2, -0.15) is 0 Å². The highest BCUT2D eigenvalue weighted by Crippen LogP contribution is 2.27. The van der Waals surface area contributed by atoms with Gasteiger partial charge >= 0.3 is 0 Å². The number of aryl methyl sites for hydroxylation is 1. The Labute approximate surface area is 120 Å². The normalized spacial score (nSPS) is 16.9. The van der Waals surface area contributed by atoms with Gasteiger partial charge in [0.2, 0.25) is 0 Å². The molecule has 2 heteroatoms. The molecule has 0 bridgehead atoms. The van der Waals surface area contributed by atoms with Crippen LogP contribution in [-0.2, 0) is 6.42 Å². The molecule has 0 saturated heterocycles. The van der Waals surface area contributed by atoms with E-state index in [1.165, 1.54) is 48.7 Å². The Morgan fingerprint density at radius 3 is 2.95 bits per heavy atom. The number of nitrogens with one attached hydrogen (secondary N) is 1. The van der Waals surface area contributed by atoms with Crippen LogP contribution in [0, 0.1) is 5.92 Å². The molecule has 1 heterocycles. The van der Waals surface area contributed by atoms with Crippen LogP contribution in [0.4, 0.5) is 0 Å². The second-order valence-electron chi connectivity index (χ2n) is 5.92. The van der Waals surface area contributed by atoms with Crippen LogP contribution in [0.25, 0.3) is 10.1 Å². The van der Waals surface area contributed by atoms with Crippen molar-refractivity contribution in [2.24, 2.45) is 5.92 Å². The third-order valence-electron chi connectivity index (χ3n) is 4.12. The first-order chi connectivity index (χ1) is 9.33. The average molecular weight is 273 g/mol. The minimum Gasteiger partial charge on any atom is -0.314 e. The molecule has 1 saturated carbocycles.